The Morgan fingerprint density at radius 3 is 1.95 bits per heavy atom. The van der Waals surface area contributed by atoms with Gasteiger partial charge in [0, 0.05) is 57.0 Å². The van der Waals surface area contributed by atoms with Crippen molar-refractivity contribution < 1.29 is 87.7 Å². The number of benzene rings is 2. The molecule has 33 nitrogen and oxygen atoms in total. The molecule has 23 N–H and O–H groups in total. The Kier molecular flexibility index (Phi) is 33.2. The number of hydrogen-bond acceptors (Lipinski definition) is 22. The van der Waals surface area contributed by atoms with Gasteiger partial charge in [0.1, 0.15) is 72.5 Å². The normalized spacial score (nSPS) is 25.2. The maximum atomic E-state index is 14.9. The maximum Gasteiger partial charge on any atom is 0.246 e. The first-order valence-corrected chi connectivity index (χ1v) is 33.9. The van der Waals surface area contributed by atoms with Crippen LogP contribution in [0.4, 0.5) is 0 Å². The van der Waals surface area contributed by atoms with Crippen molar-refractivity contribution in [3.8, 4) is 5.75 Å². The van der Waals surface area contributed by atoms with E-state index in [1.807, 2.05) is 0 Å². The van der Waals surface area contributed by atoms with Gasteiger partial charge in [-0.3, -0.25) is 57.7 Å². The highest BCUT2D eigenvalue weighted by atomic mass is 33.1. The number of hydrogen-bond donors (Lipinski definition) is 18. The number of carbonyl (C=O) groups is 11. The molecular weight excluding hydrogens is 1280 g/mol. The summed E-state index contributed by atoms with van der Waals surface area (Å²) in [4.78, 5) is 157. The van der Waals surface area contributed by atoms with Crippen LogP contribution < -0.4 is 71.2 Å². The Morgan fingerprint density at radius 2 is 1.29 bits per heavy atom. The van der Waals surface area contributed by atoms with Crippen LogP contribution in [-0.2, 0) is 75.1 Å². The number of unbranched alkanes of at least 4 members (excludes halogenated alkanes) is 5. The molecule has 0 bridgehead atoms. The van der Waals surface area contributed by atoms with Crippen molar-refractivity contribution in [2.75, 3.05) is 50.9 Å². The van der Waals surface area contributed by atoms with Gasteiger partial charge in [0.15, 0.2) is 12.2 Å². The summed E-state index contributed by atoms with van der Waals surface area (Å²) in [6.45, 7) is -0.487. The first kappa shape index (κ1) is 77.8. The molecule has 0 spiro atoms. The van der Waals surface area contributed by atoms with Crippen LogP contribution >= 0.6 is 21.6 Å². The number of aromatic hydroxyl groups is 1. The molecule has 0 unspecified atom stereocenters. The fourth-order valence-corrected chi connectivity index (χ4v) is 12.7. The number of amides is 11. The largest absolute Gasteiger partial charge is 0.508 e. The van der Waals surface area contributed by atoms with E-state index < -0.39 is 176 Å². The van der Waals surface area contributed by atoms with Crippen LogP contribution in [0.25, 0.3) is 0 Å². The third-order valence-corrected chi connectivity index (χ3v) is 18.1. The molecule has 3 aliphatic rings. The average molecular weight is 1370 g/mol. The van der Waals surface area contributed by atoms with E-state index in [2.05, 4.69) is 47.5 Å². The molecule has 11 amide bonds. The SMILES string of the molecule is NC(=O)CC[C@@H]1NC(=O)[C@H](Cc2ccccc2)NC(=O)[C@H](Cc2ccc(O)cc2)NC(=O)[C@@H](N)CSSC[C@@H](C(=O)N2CCC[C@H]2C(=O)N[C@@H](CCCN=C(N)N)C(=O)NCC(=O)NCCCCCCCCO[C@@H]2O[C@H](CO)[C@@H](O)[C@H](O)[C@H]2O)NC(=O)[C@H](CC(N)=O)NC1=O. The van der Waals surface area contributed by atoms with Gasteiger partial charge in [-0.25, -0.2) is 0 Å². The minimum Gasteiger partial charge on any atom is -0.508 e. The van der Waals surface area contributed by atoms with E-state index in [1.165, 1.54) is 29.2 Å². The summed E-state index contributed by atoms with van der Waals surface area (Å²) in [6, 6.07) is 2.54. The average Bonchev–Trinajstić information content (AvgIpc) is 1.84. The van der Waals surface area contributed by atoms with Crippen molar-refractivity contribution in [1.82, 2.24) is 47.4 Å². The Balaban J connectivity index is 1.28. The predicted molar refractivity (Wildman–Crippen MR) is 347 cm³/mol. The number of ether oxygens (including phenoxy) is 2. The lowest BCUT2D eigenvalue weighted by Crippen LogP contribution is -2.61. The number of nitrogens with two attached hydrogens (primary N) is 5. The third-order valence-electron chi connectivity index (χ3n) is 15.7. The molecule has 0 radical (unpaired) electrons. The number of primary amides is 2. The van der Waals surface area contributed by atoms with Crippen molar-refractivity contribution in [3.05, 3.63) is 65.7 Å². The molecule has 0 aromatic heterocycles. The molecular formula is C60H91N15O18S2. The van der Waals surface area contributed by atoms with Crippen LogP contribution in [0.5, 0.6) is 5.75 Å². The number of likely N-dealkylation sites (tertiary alicyclic amines) is 1. The zero-order valence-electron chi connectivity index (χ0n) is 52.6. The maximum absolute atomic E-state index is 14.9. The summed E-state index contributed by atoms with van der Waals surface area (Å²) >= 11 is 0. The predicted octanol–water partition coefficient (Wildman–Crippen LogP) is -5.62. The van der Waals surface area contributed by atoms with Crippen LogP contribution in [0.1, 0.15) is 94.6 Å². The number of aliphatic imine (C=N–C) groups is 1. The number of rotatable bonds is 30. The van der Waals surface area contributed by atoms with Gasteiger partial charge in [0.05, 0.1) is 25.6 Å². The summed E-state index contributed by atoms with van der Waals surface area (Å²) in [7, 11) is 1.98. The Morgan fingerprint density at radius 1 is 0.695 bits per heavy atom. The first-order chi connectivity index (χ1) is 45.3. The number of phenolic OH excluding ortho intramolecular Hbond substituents is 1. The number of aliphatic hydroxyl groups excluding tert-OH is 4. The highest BCUT2D eigenvalue weighted by molar-refractivity contribution is 8.76. The molecule has 3 aliphatic heterocycles. The standard InChI is InChI=1S/C60H91N15O18S2/c61-36-31-94-95-32-42(74-56(89)41(28-46(63)79)73-53(86)38(20-21-45(62)78)69-54(87)40(26-33-12-6-5-7-13-33)72-55(88)39(71-51(36)84)27-34-16-18-35(77)19-17-34)58(91)75-24-11-15-43(75)57(90)70-37(14-10-23-67-60(64)65)52(85)68-29-47(80)66-22-8-3-1-2-4-9-25-92-59-50(83)49(82)48(81)44(30-76)93-59/h5-7,12-13,16-19,36-44,48-50,59,76-77,81-83H,1-4,8-11,14-15,20-32,61H2,(H2,62,78)(H2,63,79)(H,66,80)(H,68,85)(H,69,87)(H,70,90)(H,71,84)(H,72,88)(H,73,86)(H,74,89)(H4,64,65,67)/t36-,37-,38-,39-,40-,41-,42-,43-,44+,48+,49-,50+,59+/m0/s1. The number of guanidine groups is 1. The van der Waals surface area contributed by atoms with Gasteiger partial charge in [0.25, 0.3) is 0 Å². The summed E-state index contributed by atoms with van der Waals surface area (Å²) in [5, 5.41) is 70.2. The van der Waals surface area contributed by atoms with Gasteiger partial charge in [0.2, 0.25) is 65.0 Å². The van der Waals surface area contributed by atoms with Crippen molar-refractivity contribution in [1.29, 1.82) is 0 Å². The quantitative estimate of drug-likeness (QED) is 0.0150. The van der Waals surface area contributed by atoms with Crippen molar-refractivity contribution in [2.45, 2.75) is 175 Å². The minimum absolute atomic E-state index is 0.0238. The van der Waals surface area contributed by atoms with Crippen LogP contribution in [0.15, 0.2) is 59.6 Å². The van der Waals surface area contributed by atoms with E-state index in [9.17, 15) is 78.3 Å². The van der Waals surface area contributed by atoms with E-state index in [-0.39, 0.29) is 81.4 Å². The smallest absolute Gasteiger partial charge is 0.246 e. The Bertz CT molecular complexity index is 2920. The molecule has 3 saturated heterocycles. The summed E-state index contributed by atoms with van der Waals surface area (Å²) in [6.07, 6.45) is -3.97. The van der Waals surface area contributed by atoms with Crippen LogP contribution in [0.2, 0.25) is 0 Å². The number of nitrogens with zero attached hydrogens (tertiary/aromatic N) is 2. The molecule has 3 fully saturated rings. The molecule has 2 aromatic rings. The van der Waals surface area contributed by atoms with Gasteiger partial charge < -0.3 is 111 Å². The van der Waals surface area contributed by atoms with E-state index in [1.54, 1.807) is 30.3 Å². The molecule has 3 heterocycles. The van der Waals surface area contributed by atoms with Gasteiger partial charge in [-0.2, -0.15) is 0 Å². The molecule has 13 atom stereocenters. The lowest BCUT2D eigenvalue weighted by molar-refractivity contribution is -0.301. The van der Waals surface area contributed by atoms with Crippen LogP contribution in [-0.4, -0.2) is 231 Å². The van der Waals surface area contributed by atoms with E-state index in [0.717, 1.165) is 47.3 Å². The topological polar surface area (TPSA) is 549 Å². The monoisotopic (exact) mass is 1370 g/mol. The zero-order chi connectivity index (χ0) is 69.6. The fraction of sp³-hybridized carbons (Fsp3) is 0.600. The molecule has 95 heavy (non-hydrogen) atoms. The number of aliphatic hydroxyl groups is 4. The lowest BCUT2D eigenvalue weighted by atomic mass is 9.99. The molecule has 0 saturated carbocycles. The van der Waals surface area contributed by atoms with Crippen LogP contribution in [0, 0.1) is 0 Å². The zero-order valence-corrected chi connectivity index (χ0v) is 54.2. The second-order valence-electron chi connectivity index (χ2n) is 23.2. The van der Waals surface area contributed by atoms with Gasteiger partial charge in [-0.1, -0.05) is 89.7 Å². The summed E-state index contributed by atoms with van der Waals surface area (Å²) < 4.78 is 10.9. The minimum atomic E-state index is -1.82. The second kappa shape index (κ2) is 40.5. The van der Waals surface area contributed by atoms with Gasteiger partial charge in [-0.15, -0.1) is 0 Å². The number of nitrogens with one attached hydrogen (secondary N) is 8. The lowest BCUT2D eigenvalue weighted by Gasteiger charge is -2.39. The molecule has 35 heteroatoms. The van der Waals surface area contributed by atoms with E-state index in [0.29, 0.717) is 30.5 Å². The molecule has 0 aliphatic carbocycles. The van der Waals surface area contributed by atoms with Gasteiger partial charge >= 0.3 is 0 Å². The third kappa shape index (κ3) is 26.7. The van der Waals surface area contributed by atoms with Crippen molar-refractivity contribution >= 4 is 92.5 Å². The fourth-order valence-electron chi connectivity index (χ4n) is 10.4. The Labute approximate surface area is 556 Å². The van der Waals surface area contributed by atoms with Crippen molar-refractivity contribution in [2.24, 2.45) is 33.7 Å². The van der Waals surface area contributed by atoms with E-state index >= 15 is 0 Å². The molecule has 5 rings (SSSR count). The summed E-state index contributed by atoms with van der Waals surface area (Å²) in [5.74, 6) is -10.4. The van der Waals surface area contributed by atoms with Crippen LogP contribution in [0.3, 0.4) is 0 Å². The number of carbonyl (C=O) groups excluding carboxylic acids is 11. The van der Waals surface area contributed by atoms with Crippen molar-refractivity contribution in [3.63, 3.8) is 0 Å². The second-order valence-corrected chi connectivity index (χ2v) is 25.7. The van der Waals surface area contributed by atoms with E-state index in [4.69, 9.17) is 38.1 Å². The highest BCUT2D eigenvalue weighted by Gasteiger charge is 2.45. The summed E-state index contributed by atoms with van der Waals surface area (Å²) in [5.41, 5.74) is 29.6. The highest BCUT2D eigenvalue weighted by Crippen LogP contribution is 2.27. The van der Waals surface area contributed by atoms with Gasteiger partial charge in [-0.05, 0) is 68.2 Å². The first-order valence-electron chi connectivity index (χ1n) is 31.4. The Hall–Kier alpha value is -7.90. The number of phenols is 1. The molecule has 526 valence electrons. The molecule has 2 aromatic carbocycles.